The molecule has 1 aromatic carbocycles. The maximum atomic E-state index is 4.22. The molecule has 0 fully saturated rings. The highest BCUT2D eigenvalue weighted by Crippen LogP contribution is 2.12. The summed E-state index contributed by atoms with van der Waals surface area (Å²) in [5.74, 6) is 0. The molecular formula is C11H14N2Si. The summed E-state index contributed by atoms with van der Waals surface area (Å²) >= 11 is 0. The van der Waals surface area contributed by atoms with Crippen LogP contribution in [0, 0.1) is 0 Å². The van der Waals surface area contributed by atoms with Gasteiger partial charge in [0.25, 0.3) is 0 Å². The van der Waals surface area contributed by atoms with Crippen LogP contribution in [0.15, 0.2) is 41.2 Å². The van der Waals surface area contributed by atoms with Gasteiger partial charge >= 0.3 is 0 Å². The van der Waals surface area contributed by atoms with Crippen molar-refractivity contribution in [1.29, 1.82) is 0 Å². The van der Waals surface area contributed by atoms with Gasteiger partial charge in [0.2, 0.25) is 0 Å². The number of rotatable bonds is 1. The summed E-state index contributed by atoms with van der Waals surface area (Å²) in [4.78, 5) is 4.22. The van der Waals surface area contributed by atoms with E-state index in [2.05, 4.69) is 34.6 Å². The molecule has 1 aliphatic heterocycles. The van der Waals surface area contributed by atoms with Crippen LogP contribution in [0.4, 0.5) is 0 Å². The zero-order valence-corrected chi connectivity index (χ0v) is 10.5. The van der Waals surface area contributed by atoms with Crippen molar-refractivity contribution in [3.05, 3.63) is 41.7 Å². The van der Waals surface area contributed by atoms with E-state index in [1.807, 2.05) is 19.3 Å². The van der Waals surface area contributed by atoms with E-state index in [9.17, 15) is 0 Å². The summed E-state index contributed by atoms with van der Waals surface area (Å²) in [6, 6.07) is 8.79. The van der Waals surface area contributed by atoms with Crippen LogP contribution in [0.2, 0.25) is 0 Å². The van der Waals surface area contributed by atoms with Crippen molar-refractivity contribution in [3.8, 4) is 0 Å². The molecule has 2 nitrogen and oxygen atoms in total. The molecule has 0 amide bonds. The predicted molar refractivity (Wildman–Crippen MR) is 64.1 cm³/mol. The van der Waals surface area contributed by atoms with E-state index in [1.54, 1.807) is 0 Å². The molecule has 72 valence electrons. The number of benzene rings is 1. The molecule has 0 saturated heterocycles. The lowest BCUT2D eigenvalue weighted by Gasteiger charge is -2.20. The molecule has 1 aromatic rings. The number of hydrogen-bond donors (Lipinski definition) is 1. The van der Waals surface area contributed by atoms with Crippen LogP contribution >= 0.6 is 0 Å². The quantitative estimate of drug-likeness (QED) is 0.649. The van der Waals surface area contributed by atoms with Gasteiger partial charge in [-0.15, -0.1) is 0 Å². The fraction of sp³-hybridized carbons (Fsp3) is 0.182. The van der Waals surface area contributed by atoms with Crippen molar-refractivity contribution in [3.63, 3.8) is 0 Å². The topological polar surface area (TPSA) is 24.4 Å². The van der Waals surface area contributed by atoms with Crippen LogP contribution < -0.4 is 10.5 Å². The smallest absolute Gasteiger partial charge is 0.0866 e. The number of hydrogen-bond acceptors (Lipinski definition) is 2. The number of nitrogens with zero attached hydrogens (tertiary/aromatic N) is 1. The lowest BCUT2D eigenvalue weighted by Crippen LogP contribution is -2.27. The van der Waals surface area contributed by atoms with Crippen LogP contribution in [0.25, 0.3) is 0 Å². The van der Waals surface area contributed by atoms with Gasteiger partial charge in [-0.3, -0.25) is 4.99 Å². The first-order chi connectivity index (χ1) is 6.77. The Bertz CT molecular complexity index is 396. The van der Waals surface area contributed by atoms with Gasteiger partial charge in [0, 0.05) is 28.4 Å². The van der Waals surface area contributed by atoms with Crippen molar-refractivity contribution in [1.82, 2.24) is 5.32 Å². The normalized spacial score (nSPS) is 20.4. The van der Waals surface area contributed by atoms with E-state index < -0.39 is 0 Å². The van der Waals surface area contributed by atoms with Crippen LogP contribution in [-0.2, 0) is 0 Å². The molecule has 3 heteroatoms. The molecule has 0 radical (unpaired) electrons. The van der Waals surface area contributed by atoms with Crippen LogP contribution in [-0.4, -0.2) is 16.5 Å². The second-order valence-corrected chi connectivity index (χ2v) is 4.67. The lowest BCUT2D eigenvalue weighted by molar-refractivity contribution is 0.747. The molecule has 1 aliphatic rings. The van der Waals surface area contributed by atoms with Gasteiger partial charge in [-0.2, -0.15) is 0 Å². The van der Waals surface area contributed by atoms with E-state index in [0.717, 1.165) is 15.9 Å². The molecule has 1 unspecified atom stereocenters. The summed E-state index contributed by atoms with van der Waals surface area (Å²) in [7, 11) is 1.08. The second kappa shape index (κ2) is 3.80. The molecule has 0 spiro atoms. The molecular weight excluding hydrogens is 188 g/mol. The number of allylic oxidation sites excluding steroid dienone is 1. The number of aliphatic imine (C=N–C) groups is 1. The van der Waals surface area contributed by atoms with Gasteiger partial charge in [0.15, 0.2) is 0 Å². The maximum absolute atomic E-state index is 4.22. The van der Waals surface area contributed by atoms with E-state index in [-0.39, 0.29) is 6.04 Å². The number of nitrogens with one attached hydrogen (secondary N) is 1. The highest BCUT2D eigenvalue weighted by molar-refractivity contribution is 6.33. The van der Waals surface area contributed by atoms with Gasteiger partial charge in [-0.1, -0.05) is 29.5 Å². The average molecular weight is 202 g/mol. The Morgan fingerprint density at radius 3 is 2.86 bits per heavy atom. The molecule has 14 heavy (non-hydrogen) atoms. The Hall–Kier alpha value is -1.35. The van der Waals surface area contributed by atoms with Crippen molar-refractivity contribution in [2.24, 2.45) is 4.99 Å². The first-order valence-corrected chi connectivity index (χ1v) is 5.79. The molecule has 1 N–H and O–H groups in total. The van der Waals surface area contributed by atoms with E-state index >= 15 is 0 Å². The zero-order valence-electron chi connectivity index (χ0n) is 8.49. The van der Waals surface area contributed by atoms with Crippen molar-refractivity contribution < 1.29 is 0 Å². The first-order valence-electron chi connectivity index (χ1n) is 4.79. The summed E-state index contributed by atoms with van der Waals surface area (Å²) in [5, 5.41) is 4.84. The van der Waals surface area contributed by atoms with Crippen molar-refractivity contribution >= 4 is 21.6 Å². The van der Waals surface area contributed by atoms with E-state index in [0.29, 0.717) is 0 Å². The SMILES string of the molecule is CC1=CN=CC(c2ccccc2[SiH3])N1. The van der Waals surface area contributed by atoms with Crippen molar-refractivity contribution in [2.45, 2.75) is 13.0 Å². The summed E-state index contributed by atoms with van der Waals surface area (Å²) in [5.41, 5.74) is 2.48. The lowest BCUT2D eigenvalue weighted by atomic mass is 10.1. The minimum Gasteiger partial charge on any atom is -0.376 e. The fourth-order valence-corrected chi connectivity index (χ4v) is 2.32. The van der Waals surface area contributed by atoms with Gasteiger partial charge < -0.3 is 5.32 Å². The molecule has 2 rings (SSSR count). The minimum atomic E-state index is 0.258. The monoisotopic (exact) mass is 202 g/mol. The Labute approximate surface area is 87.2 Å². The minimum absolute atomic E-state index is 0.258. The Kier molecular flexibility index (Phi) is 2.50. The maximum Gasteiger partial charge on any atom is 0.0866 e. The molecule has 1 atom stereocenters. The van der Waals surface area contributed by atoms with Crippen LogP contribution in [0.1, 0.15) is 18.5 Å². The van der Waals surface area contributed by atoms with E-state index in [4.69, 9.17) is 0 Å². The van der Waals surface area contributed by atoms with E-state index in [1.165, 1.54) is 10.8 Å². The Morgan fingerprint density at radius 2 is 2.14 bits per heavy atom. The molecule has 0 saturated carbocycles. The van der Waals surface area contributed by atoms with Crippen LogP contribution in [0.3, 0.4) is 0 Å². The van der Waals surface area contributed by atoms with Gasteiger partial charge in [0.1, 0.15) is 0 Å². The standard InChI is InChI=1S/C11H14N2Si/c1-8-6-12-7-10(13-8)9-4-2-3-5-11(9)14/h2-7,10,13H,1,14H3. The summed E-state index contributed by atoms with van der Waals surface area (Å²) in [6.07, 6.45) is 3.82. The first kappa shape index (κ1) is 9.21. The fourth-order valence-electron chi connectivity index (χ4n) is 1.65. The molecule has 0 bridgehead atoms. The molecule has 0 aromatic heterocycles. The summed E-state index contributed by atoms with van der Waals surface area (Å²) in [6.45, 7) is 2.04. The highest BCUT2D eigenvalue weighted by Gasteiger charge is 2.12. The largest absolute Gasteiger partial charge is 0.376 e. The van der Waals surface area contributed by atoms with Crippen LogP contribution in [0.5, 0.6) is 0 Å². The Morgan fingerprint density at radius 1 is 1.36 bits per heavy atom. The van der Waals surface area contributed by atoms with Gasteiger partial charge in [-0.05, 0) is 12.5 Å². The Balaban J connectivity index is 2.29. The second-order valence-electron chi connectivity index (χ2n) is 3.59. The van der Waals surface area contributed by atoms with Crippen molar-refractivity contribution in [2.75, 3.05) is 0 Å². The van der Waals surface area contributed by atoms with Gasteiger partial charge in [0.05, 0.1) is 6.04 Å². The zero-order chi connectivity index (χ0) is 9.97. The highest BCUT2D eigenvalue weighted by atomic mass is 28.1. The third-order valence-electron chi connectivity index (χ3n) is 2.41. The molecule has 1 heterocycles. The average Bonchev–Trinajstić information content (AvgIpc) is 2.18. The third kappa shape index (κ3) is 1.77. The molecule has 0 aliphatic carbocycles. The predicted octanol–water partition coefficient (Wildman–Crippen LogP) is 0.254. The van der Waals surface area contributed by atoms with Gasteiger partial charge in [-0.25, -0.2) is 0 Å². The third-order valence-corrected chi connectivity index (χ3v) is 3.32. The summed E-state index contributed by atoms with van der Waals surface area (Å²) < 4.78 is 0.